The highest BCUT2D eigenvalue weighted by Crippen LogP contribution is 2.26. The fourth-order valence-corrected chi connectivity index (χ4v) is 3.48. The molecular formula is C10H15N3O4S. The molecule has 2 atom stereocenters. The number of hydrogen-bond acceptors (Lipinski definition) is 6. The monoisotopic (exact) mass is 273 g/mol. The molecule has 18 heavy (non-hydrogen) atoms. The molecule has 8 heteroatoms. The van der Waals surface area contributed by atoms with Crippen LogP contribution in [-0.4, -0.2) is 60.3 Å². The number of pyridine rings is 1. The summed E-state index contributed by atoms with van der Waals surface area (Å²) in [6.45, 7) is -0.219. The molecule has 0 bridgehead atoms. The summed E-state index contributed by atoms with van der Waals surface area (Å²) in [4.78, 5) is 3.83. The molecule has 2 heterocycles. The zero-order valence-electron chi connectivity index (χ0n) is 9.81. The quantitative estimate of drug-likeness (QED) is 0.642. The van der Waals surface area contributed by atoms with Crippen LogP contribution in [0.1, 0.15) is 0 Å². The summed E-state index contributed by atoms with van der Waals surface area (Å²) in [6.07, 6.45) is 0.639. The Kier molecular flexibility index (Phi) is 3.53. The van der Waals surface area contributed by atoms with Gasteiger partial charge in [0.2, 0.25) is 10.0 Å². The molecule has 1 fully saturated rings. The lowest BCUT2D eigenvalue weighted by atomic mass is 10.3. The second-order valence-corrected chi connectivity index (χ2v) is 5.98. The number of β-amino-alcohol motifs (C(OH)–C–C–N with tert-alkyl or cyclic N) is 2. The van der Waals surface area contributed by atoms with Crippen LogP contribution < -0.4 is 5.32 Å². The number of sulfonamides is 1. The average molecular weight is 273 g/mol. The normalized spacial score (nSPS) is 25.3. The summed E-state index contributed by atoms with van der Waals surface area (Å²) in [5, 5.41) is 21.6. The molecule has 1 aliphatic rings. The molecule has 0 aliphatic carbocycles. The lowest BCUT2D eigenvalue weighted by Crippen LogP contribution is -2.30. The van der Waals surface area contributed by atoms with E-state index < -0.39 is 22.2 Å². The second kappa shape index (κ2) is 4.81. The maximum Gasteiger partial charge on any atom is 0.246 e. The van der Waals surface area contributed by atoms with Gasteiger partial charge in [-0.3, -0.25) is 4.98 Å². The summed E-state index contributed by atoms with van der Waals surface area (Å²) < 4.78 is 25.7. The first-order valence-corrected chi connectivity index (χ1v) is 6.89. The number of nitrogens with one attached hydrogen (secondary N) is 1. The van der Waals surface area contributed by atoms with Crippen LogP contribution in [0, 0.1) is 0 Å². The molecule has 3 N–H and O–H groups in total. The largest absolute Gasteiger partial charge is 0.389 e. The van der Waals surface area contributed by atoms with Gasteiger partial charge in [0, 0.05) is 32.5 Å². The molecule has 0 amide bonds. The van der Waals surface area contributed by atoms with Gasteiger partial charge in [-0.25, -0.2) is 8.42 Å². The van der Waals surface area contributed by atoms with Crippen molar-refractivity contribution >= 4 is 15.7 Å². The summed E-state index contributed by atoms with van der Waals surface area (Å²) in [6, 6.07) is 1.55. The molecule has 1 aromatic rings. The first kappa shape index (κ1) is 13.2. The van der Waals surface area contributed by atoms with Crippen molar-refractivity contribution < 1.29 is 18.6 Å². The molecule has 2 unspecified atom stereocenters. The molecule has 100 valence electrons. The highest BCUT2D eigenvalue weighted by atomic mass is 32.2. The number of rotatable bonds is 3. The molecule has 0 saturated carbocycles. The van der Waals surface area contributed by atoms with E-state index in [9.17, 15) is 18.6 Å². The summed E-state index contributed by atoms with van der Waals surface area (Å²) in [5.74, 6) is 0. The maximum atomic E-state index is 12.3. The summed E-state index contributed by atoms with van der Waals surface area (Å²) in [5.41, 5.74) is 0.431. The molecule has 2 rings (SSSR count). The highest BCUT2D eigenvalue weighted by molar-refractivity contribution is 7.89. The fourth-order valence-electron chi connectivity index (χ4n) is 1.86. The lowest BCUT2D eigenvalue weighted by molar-refractivity contribution is 0.0572. The molecule has 1 aliphatic heterocycles. The van der Waals surface area contributed by atoms with Crippen LogP contribution in [0.25, 0.3) is 0 Å². The van der Waals surface area contributed by atoms with Crippen molar-refractivity contribution in [2.24, 2.45) is 0 Å². The first-order valence-electron chi connectivity index (χ1n) is 5.45. The van der Waals surface area contributed by atoms with E-state index in [1.54, 1.807) is 13.1 Å². The minimum absolute atomic E-state index is 0.0359. The number of aliphatic hydroxyl groups excluding tert-OH is 2. The highest BCUT2D eigenvalue weighted by Gasteiger charge is 2.38. The van der Waals surface area contributed by atoms with Gasteiger partial charge >= 0.3 is 0 Å². The van der Waals surface area contributed by atoms with E-state index in [0.717, 1.165) is 4.31 Å². The fraction of sp³-hybridized carbons (Fsp3) is 0.500. The molecule has 0 radical (unpaired) electrons. The Bertz CT molecular complexity index is 524. The van der Waals surface area contributed by atoms with Gasteiger partial charge in [0.05, 0.1) is 17.9 Å². The van der Waals surface area contributed by atoms with Gasteiger partial charge in [0.25, 0.3) is 0 Å². The minimum Gasteiger partial charge on any atom is -0.389 e. The third kappa shape index (κ3) is 2.19. The summed E-state index contributed by atoms with van der Waals surface area (Å²) in [7, 11) is -2.15. The summed E-state index contributed by atoms with van der Waals surface area (Å²) >= 11 is 0. The van der Waals surface area contributed by atoms with E-state index >= 15 is 0 Å². The Balaban J connectivity index is 2.37. The topological polar surface area (TPSA) is 103 Å². The van der Waals surface area contributed by atoms with E-state index in [2.05, 4.69) is 10.3 Å². The van der Waals surface area contributed by atoms with Crippen LogP contribution in [-0.2, 0) is 10.0 Å². The molecule has 0 spiro atoms. The van der Waals surface area contributed by atoms with Crippen LogP contribution in [0.3, 0.4) is 0 Å². The van der Waals surface area contributed by atoms with Gasteiger partial charge in [-0.05, 0) is 6.07 Å². The molecule has 7 nitrogen and oxygen atoms in total. The van der Waals surface area contributed by atoms with Gasteiger partial charge in [0.15, 0.2) is 0 Å². The van der Waals surface area contributed by atoms with E-state index in [1.165, 1.54) is 12.4 Å². The zero-order chi connectivity index (χ0) is 13.3. The van der Waals surface area contributed by atoms with E-state index in [4.69, 9.17) is 0 Å². The third-order valence-corrected chi connectivity index (χ3v) is 4.76. The Labute approximate surface area is 105 Å². The predicted molar refractivity (Wildman–Crippen MR) is 64.6 cm³/mol. The van der Waals surface area contributed by atoms with Gasteiger partial charge in [0.1, 0.15) is 4.90 Å². The average Bonchev–Trinajstić information content (AvgIpc) is 2.70. The van der Waals surface area contributed by atoms with Crippen molar-refractivity contribution in [1.82, 2.24) is 9.29 Å². The van der Waals surface area contributed by atoms with Crippen molar-refractivity contribution in [3.05, 3.63) is 18.5 Å². The number of hydrogen-bond donors (Lipinski definition) is 3. The van der Waals surface area contributed by atoms with Crippen molar-refractivity contribution in [1.29, 1.82) is 0 Å². The van der Waals surface area contributed by atoms with Gasteiger partial charge in [-0.2, -0.15) is 4.31 Å². The third-order valence-electron chi connectivity index (χ3n) is 2.90. The van der Waals surface area contributed by atoms with Crippen LogP contribution in [0.15, 0.2) is 23.4 Å². The molecule has 1 aromatic heterocycles. The Morgan fingerprint density at radius 3 is 2.56 bits per heavy atom. The number of aromatic nitrogens is 1. The Morgan fingerprint density at radius 2 is 2.00 bits per heavy atom. The predicted octanol–water partition coefficient (Wildman–Crippen LogP) is -1.15. The van der Waals surface area contributed by atoms with E-state index in [-0.39, 0.29) is 18.0 Å². The van der Waals surface area contributed by atoms with Gasteiger partial charge < -0.3 is 15.5 Å². The van der Waals surface area contributed by atoms with E-state index in [1.807, 2.05) is 0 Å². The first-order chi connectivity index (χ1) is 8.46. The molecule has 1 saturated heterocycles. The Morgan fingerprint density at radius 1 is 1.39 bits per heavy atom. The van der Waals surface area contributed by atoms with Crippen molar-refractivity contribution in [2.45, 2.75) is 17.1 Å². The number of aliphatic hydroxyl groups is 2. The zero-order valence-corrected chi connectivity index (χ0v) is 10.6. The van der Waals surface area contributed by atoms with Crippen LogP contribution in [0.2, 0.25) is 0 Å². The maximum absolute atomic E-state index is 12.3. The number of anilines is 1. The van der Waals surface area contributed by atoms with Crippen molar-refractivity contribution in [3.8, 4) is 0 Å². The van der Waals surface area contributed by atoms with Crippen molar-refractivity contribution in [2.75, 3.05) is 25.5 Å². The van der Waals surface area contributed by atoms with Crippen molar-refractivity contribution in [3.63, 3.8) is 0 Å². The smallest absolute Gasteiger partial charge is 0.246 e. The standard InChI is InChI=1S/C10H15N3O4S/c1-11-7-2-3-12-4-10(7)18(16,17)13-5-8(14)9(15)6-13/h2-4,8-9,14-15H,5-6H2,1H3,(H,11,12). The Hall–Kier alpha value is -1.22. The lowest BCUT2D eigenvalue weighted by Gasteiger charge is -2.17. The van der Waals surface area contributed by atoms with Crippen LogP contribution in [0.5, 0.6) is 0 Å². The minimum atomic E-state index is -3.76. The van der Waals surface area contributed by atoms with Gasteiger partial charge in [-0.15, -0.1) is 0 Å². The second-order valence-electron chi connectivity index (χ2n) is 4.08. The van der Waals surface area contributed by atoms with Gasteiger partial charge in [-0.1, -0.05) is 0 Å². The molecule has 0 aromatic carbocycles. The van der Waals surface area contributed by atoms with Crippen LogP contribution >= 0.6 is 0 Å². The van der Waals surface area contributed by atoms with Crippen LogP contribution in [0.4, 0.5) is 5.69 Å². The molecular weight excluding hydrogens is 258 g/mol. The number of nitrogens with zero attached hydrogens (tertiary/aromatic N) is 2. The van der Waals surface area contributed by atoms with E-state index in [0.29, 0.717) is 5.69 Å². The SMILES string of the molecule is CNc1ccncc1S(=O)(=O)N1CC(O)C(O)C1.